The molecule has 1 N–H and O–H groups in total. The normalized spacial score (nSPS) is 17.3. The third-order valence-corrected chi connectivity index (χ3v) is 5.26. The number of fused-ring (bicyclic) bond motifs is 1. The SMILES string of the molecule is COc1ccc(OC)c([C@H](c2c[nH]c3ccccc23)C2C(=O)OC(C)(C)OC2=O)c1. The van der Waals surface area contributed by atoms with Gasteiger partial charge in [-0.2, -0.15) is 0 Å². The van der Waals surface area contributed by atoms with Crippen molar-refractivity contribution >= 4 is 22.8 Å². The molecule has 1 aliphatic rings. The van der Waals surface area contributed by atoms with E-state index in [1.54, 1.807) is 31.5 Å². The van der Waals surface area contributed by atoms with Crippen molar-refractivity contribution in [1.29, 1.82) is 0 Å². The summed E-state index contributed by atoms with van der Waals surface area (Å²) in [5.41, 5.74) is 2.27. The van der Waals surface area contributed by atoms with Crippen molar-refractivity contribution in [3.05, 3.63) is 59.8 Å². The number of ether oxygens (including phenoxy) is 4. The van der Waals surface area contributed by atoms with Crippen LogP contribution in [0.2, 0.25) is 0 Å². The van der Waals surface area contributed by atoms with Crippen LogP contribution in [0.3, 0.4) is 0 Å². The number of aromatic amines is 1. The lowest BCUT2D eigenvalue weighted by Crippen LogP contribution is -2.48. The Hall–Kier alpha value is -3.48. The number of rotatable bonds is 5. The van der Waals surface area contributed by atoms with E-state index in [9.17, 15) is 9.59 Å². The van der Waals surface area contributed by atoms with Crippen molar-refractivity contribution in [2.75, 3.05) is 14.2 Å². The minimum absolute atomic E-state index is 0.525. The number of carbonyl (C=O) groups excluding carboxylic acids is 2. The van der Waals surface area contributed by atoms with Gasteiger partial charge in [0.05, 0.1) is 14.2 Å². The number of carbonyl (C=O) groups is 2. The molecule has 156 valence electrons. The Bertz CT molecular complexity index is 1100. The predicted octanol–water partition coefficient (Wildman–Crippen LogP) is 3.77. The Morgan fingerprint density at radius 2 is 1.67 bits per heavy atom. The van der Waals surface area contributed by atoms with E-state index in [2.05, 4.69) is 4.98 Å². The number of para-hydroxylation sites is 1. The van der Waals surface area contributed by atoms with Gasteiger partial charge < -0.3 is 23.9 Å². The average Bonchev–Trinajstić information content (AvgIpc) is 3.13. The second kappa shape index (κ2) is 7.40. The zero-order chi connectivity index (χ0) is 21.5. The topological polar surface area (TPSA) is 86.8 Å². The fraction of sp³-hybridized carbons (Fsp3) is 0.304. The third kappa shape index (κ3) is 3.36. The monoisotopic (exact) mass is 409 g/mol. The molecule has 0 spiro atoms. The zero-order valence-electron chi connectivity index (χ0n) is 17.2. The maximum absolute atomic E-state index is 13.0. The quantitative estimate of drug-likeness (QED) is 0.510. The van der Waals surface area contributed by atoms with E-state index in [4.69, 9.17) is 18.9 Å². The molecule has 1 atom stereocenters. The maximum Gasteiger partial charge on any atom is 0.324 e. The highest BCUT2D eigenvalue weighted by Crippen LogP contribution is 2.44. The fourth-order valence-corrected chi connectivity index (χ4v) is 3.96. The third-order valence-electron chi connectivity index (χ3n) is 5.26. The number of hydrogen-bond donors (Lipinski definition) is 1. The maximum atomic E-state index is 13.0. The van der Waals surface area contributed by atoms with Crippen LogP contribution >= 0.6 is 0 Å². The molecule has 4 rings (SSSR count). The molecule has 7 nitrogen and oxygen atoms in total. The minimum Gasteiger partial charge on any atom is -0.497 e. The highest BCUT2D eigenvalue weighted by Gasteiger charge is 2.49. The van der Waals surface area contributed by atoms with Crippen molar-refractivity contribution in [3.8, 4) is 11.5 Å². The van der Waals surface area contributed by atoms with E-state index >= 15 is 0 Å². The zero-order valence-corrected chi connectivity index (χ0v) is 17.2. The number of cyclic esters (lactones) is 2. The van der Waals surface area contributed by atoms with Crippen molar-refractivity contribution in [2.45, 2.75) is 25.6 Å². The molecule has 1 aliphatic heterocycles. The van der Waals surface area contributed by atoms with Crippen LogP contribution in [0, 0.1) is 5.92 Å². The molecule has 3 aromatic rings. The number of benzene rings is 2. The largest absolute Gasteiger partial charge is 0.497 e. The predicted molar refractivity (Wildman–Crippen MR) is 109 cm³/mol. The number of aromatic nitrogens is 1. The molecule has 2 heterocycles. The summed E-state index contributed by atoms with van der Waals surface area (Å²) in [5.74, 6) is -3.40. The second-order valence-corrected chi connectivity index (χ2v) is 7.59. The second-order valence-electron chi connectivity index (χ2n) is 7.59. The lowest BCUT2D eigenvalue weighted by Gasteiger charge is -2.36. The molecule has 1 aromatic heterocycles. The highest BCUT2D eigenvalue weighted by molar-refractivity contribution is 5.99. The van der Waals surface area contributed by atoms with Crippen LogP contribution in [0.15, 0.2) is 48.7 Å². The van der Waals surface area contributed by atoms with E-state index < -0.39 is 29.6 Å². The molecule has 0 aliphatic carbocycles. The molecule has 0 saturated carbocycles. The van der Waals surface area contributed by atoms with Crippen LogP contribution in [0.25, 0.3) is 10.9 Å². The van der Waals surface area contributed by atoms with Gasteiger partial charge >= 0.3 is 11.9 Å². The highest BCUT2D eigenvalue weighted by atomic mass is 16.7. The average molecular weight is 409 g/mol. The van der Waals surface area contributed by atoms with E-state index in [0.29, 0.717) is 17.1 Å². The van der Waals surface area contributed by atoms with Crippen LogP contribution < -0.4 is 9.47 Å². The number of methoxy groups -OCH3 is 2. The first-order valence-electron chi connectivity index (χ1n) is 9.58. The lowest BCUT2D eigenvalue weighted by atomic mass is 9.79. The van der Waals surface area contributed by atoms with Gasteiger partial charge in [0.1, 0.15) is 11.5 Å². The molecule has 1 fully saturated rings. The Morgan fingerprint density at radius 3 is 2.33 bits per heavy atom. The van der Waals surface area contributed by atoms with Gasteiger partial charge in [0.2, 0.25) is 0 Å². The molecule has 30 heavy (non-hydrogen) atoms. The molecule has 0 amide bonds. The summed E-state index contributed by atoms with van der Waals surface area (Å²) in [6, 6.07) is 13.0. The number of esters is 2. The Labute approximate surface area is 173 Å². The molecule has 1 saturated heterocycles. The first-order chi connectivity index (χ1) is 14.3. The van der Waals surface area contributed by atoms with Crippen molar-refractivity contribution in [3.63, 3.8) is 0 Å². The van der Waals surface area contributed by atoms with Gasteiger partial charge in [-0.3, -0.25) is 9.59 Å². The summed E-state index contributed by atoms with van der Waals surface area (Å²) < 4.78 is 21.8. The minimum atomic E-state index is -1.31. The Balaban J connectivity index is 1.95. The van der Waals surface area contributed by atoms with Gasteiger partial charge in [0.15, 0.2) is 5.92 Å². The smallest absolute Gasteiger partial charge is 0.324 e. The number of H-pyrrole nitrogens is 1. The van der Waals surface area contributed by atoms with E-state index in [0.717, 1.165) is 16.5 Å². The number of hydrogen-bond acceptors (Lipinski definition) is 6. The number of nitrogens with one attached hydrogen (secondary N) is 1. The molecule has 0 radical (unpaired) electrons. The van der Waals surface area contributed by atoms with Crippen LogP contribution in [0.5, 0.6) is 11.5 Å². The summed E-state index contributed by atoms with van der Waals surface area (Å²) in [7, 11) is 3.09. The molecule has 0 unspecified atom stereocenters. The van der Waals surface area contributed by atoms with Gasteiger partial charge in [-0.25, -0.2) is 0 Å². The first-order valence-corrected chi connectivity index (χ1v) is 9.58. The van der Waals surface area contributed by atoms with E-state index in [1.807, 2.05) is 24.3 Å². The van der Waals surface area contributed by atoms with Crippen LogP contribution in [-0.2, 0) is 19.1 Å². The summed E-state index contributed by atoms with van der Waals surface area (Å²) in [5, 5.41) is 0.887. The van der Waals surface area contributed by atoms with Crippen molar-refractivity contribution < 1.29 is 28.5 Å². The molecular formula is C23H23NO6. The van der Waals surface area contributed by atoms with Crippen molar-refractivity contribution in [1.82, 2.24) is 4.98 Å². The fourth-order valence-electron chi connectivity index (χ4n) is 3.96. The van der Waals surface area contributed by atoms with E-state index in [-0.39, 0.29) is 0 Å². The first kappa shape index (κ1) is 19.8. The molecule has 7 heteroatoms. The van der Waals surface area contributed by atoms with Gasteiger partial charge in [-0.05, 0) is 29.8 Å². The van der Waals surface area contributed by atoms with Gasteiger partial charge in [0, 0.05) is 42.4 Å². The summed E-state index contributed by atoms with van der Waals surface area (Å²) in [4.78, 5) is 29.2. The van der Waals surface area contributed by atoms with Crippen LogP contribution in [0.1, 0.15) is 30.9 Å². The summed E-state index contributed by atoms with van der Waals surface area (Å²) in [6.45, 7) is 3.07. The van der Waals surface area contributed by atoms with Gasteiger partial charge in [-0.1, -0.05) is 18.2 Å². The molecular weight excluding hydrogens is 386 g/mol. The standard InChI is InChI=1S/C23H23NO6/c1-23(2)29-21(25)20(22(26)30-23)19(15-11-13(27-3)9-10-18(15)28-4)16-12-24-17-8-6-5-7-14(16)17/h5-12,19-20,24H,1-4H3/t19-/m1/s1. The van der Waals surface area contributed by atoms with Gasteiger partial charge in [-0.15, -0.1) is 0 Å². The van der Waals surface area contributed by atoms with Crippen LogP contribution in [-0.4, -0.2) is 36.9 Å². The van der Waals surface area contributed by atoms with E-state index in [1.165, 1.54) is 21.0 Å². The summed E-state index contributed by atoms with van der Waals surface area (Å²) in [6.07, 6.45) is 1.80. The Morgan fingerprint density at radius 1 is 0.967 bits per heavy atom. The van der Waals surface area contributed by atoms with Gasteiger partial charge in [0.25, 0.3) is 5.79 Å². The molecule has 2 aromatic carbocycles. The lowest BCUT2D eigenvalue weighted by molar-refractivity contribution is -0.240. The summed E-state index contributed by atoms with van der Waals surface area (Å²) >= 11 is 0. The van der Waals surface area contributed by atoms with Crippen molar-refractivity contribution in [2.24, 2.45) is 5.92 Å². The van der Waals surface area contributed by atoms with Crippen LogP contribution in [0.4, 0.5) is 0 Å². The Kier molecular flexibility index (Phi) is 4.89. The molecule has 0 bridgehead atoms.